The second kappa shape index (κ2) is 4.35. The second-order valence-corrected chi connectivity index (χ2v) is 8.77. The van der Waals surface area contributed by atoms with Crippen LogP contribution in [-0.2, 0) is 0 Å². The molecule has 7 atom stereocenters. The maximum absolute atomic E-state index is 10.0. The van der Waals surface area contributed by atoms with Crippen molar-refractivity contribution in [3.8, 4) is 0 Å². The molecule has 1 N–H and O–H groups in total. The van der Waals surface area contributed by atoms with Crippen LogP contribution >= 0.6 is 0 Å². The lowest BCUT2D eigenvalue weighted by Gasteiger charge is -2.60. The van der Waals surface area contributed by atoms with Crippen LogP contribution in [0.2, 0.25) is 0 Å². The van der Waals surface area contributed by atoms with Crippen molar-refractivity contribution in [2.75, 3.05) is 0 Å². The molecule has 1 unspecified atom stereocenters. The summed E-state index contributed by atoms with van der Waals surface area (Å²) in [4.78, 5) is 0. The van der Waals surface area contributed by atoms with Crippen molar-refractivity contribution < 1.29 is 5.11 Å². The van der Waals surface area contributed by atoms with E-state index in [1.54, 1.807) is 0 Å². The van der Waals surface area contributed by atoms with Crippen LogP contribution in [0, 0.1) is 34.5 Å². The van der Waals surface area contributed by atoms with Crippen molar-refractivity contribution in [3.05, 3.63) is 12.2 Å². The first-order valence-corrected chi connectivity index (χ1v) is 8.89. The highest BCUT2D eigenvalue weighted by atomic mass is 16.3. The quantitative estimate of drug-likeness (QED) is 0.642. The fraction of sp³-hybridized carbons (Fsp3) is 0.895. The van der Waals surface area contributed by atoms with Gasteiger partial charge in [-0.1, -0.05) is 26.0 Å². The van der Waals surface area contributed by atoms with E-state index < -0.39 is 0 Å². The molecule has 1 nitrogen and oxygen atoms in total. The predicted molar refractivity (Wildman–Crippen MR) is 82.3 cm³/mol. The summed E-state index contributed by atoms with van der Waals surface area (Å²) in [5.74, 6) is 3.61. The Balaban J connectivity index is 1.63. The molecule has 112 valence electrons. The van der Waals surface area contributed by atoms with Gasteiger partial charge in [0, 0.05) is 0 Å². The Kier molecular flexibility index (Phi) is 2.91. The standard InChI is InChI=1S/C19H30O/c1-18-9-3-4-16(18)15-6-5-13-12-14(20)7-11-19(13,2)17(15)8-10-18/h3,9,13-17,20H,4-8,10-12H2,1-2H3/t13?,14-,15-,16-,17-,18-,19-/m0/s1. The average Bonchev–Trinajstić information content (AvgIpc) is 2.81. The molecule has 0 spiro atoms. The minimum absolute atomic E-state index is 0.00775. The van der Waals surface area contributed by atoms with E-state index in [1.807, 2.05) is 0 Å². The monoisotopic (exact) mass is 274 g/mol. The number of rotatable bonds is 0. The Labute approximate surface area is 123 Å². The van der Waals surface area contributed by atoms with Crippen molar-refractivity contribution in [2.45, 2.75) is 71.3 Å². The Hall–Kier alpha value is -0.300. The fourth-order valence-corrected chi connectivity index (χ4v) is 6.72. The van der Waals surface area contributed by atoms with Crippen LogP contribution in [0.15, 0.2) is 12.2 Å². The molecular weight excluding hydrogens is 244 g/mol. The van der Waals surface area contributed by atoms with Gasteiger partial charge in [0.25, 0.3) is 0 Å². The van der Waals surface area contributed by atoms with Crippen molar-refractivity contribution in [3.63, 3.8) is 0 Å². The topological polar surface area (TPSA) is 20.2 Å². The van der Waals surface area contributed by atoms with E-state index in [0.717, 1.165) is 36.5 Å². The highest BCUT2D eigenvalue weighted by Gasteiger charge is 2.56. The third-order valence-electron chi connectivity index (χ3n) is 7.96. The van der Waals surface area contributed by atoms with Crippen LogP contribution in [0.4, 0.5) is 0 Å². The number of allylic oxidation sites excluding steroid dienone is 2. The van der Waals surface area contributed by atoms with E-state index in [-0.39, 0.29) is 6.10 Å². The maximum atomic E-state index is 10.0. The van der Waals surface area contributed by atoms with E-state index in [9.17, 15) is 5.11 Å². The number of aliphatic hydroxyl groups excluding tert-OH is 1. The van der Waals surface area contributed by atoms with Gasteiger partial charge >= 0.3 is 0 Å². The lowest BCUT2D eigenvalue weighted by molar-refractivity contribution is -0.116. The molecule has 0 bridgehead atoms. The van der Waals surface area contributed by atoms with Gasteiger partial charge in [-0.2, -0.15) is 0 Å². The molecule has 0 aromatic rings. The van der Waals surface area contributed by atoms with Crippen LogP contribution in [0.1, 0.15) is 65.2 Å². The molecule has 3 fully saturated rings. The molecule has 3 saturated carbocycles. The molecule has 4 rings (SSSR count). The number of aliphatic hydroxyl groups is 1. The molecule has 0 aromatic heterocycles. The highest BCUT2D eigenvalue weighted by molar-refractivity contribution is 5.16. The average molecular weight is 274 g/mol. The van der Waals surface area contributed by atoms with Gasteiger partial charge in [-0.15, -0.1) is 0 Å². The Morgan fingerprint density at radius 1 is 1.00 bits per heavy atom. The van der Waals surface area contributed by atoms with Crippen molar-refractivity contribution in [1.29, 1.82) is 0 Å². The van der Waals surface area contributed by atoms with Gasteiger partial charge in [-0.3, -0.25) is 0 Å². The van der Waals surface area contributed by atoms with Gasteiger partial charge in [-0.05, 0) is 85.9 Å². The van der Waals surface area contributed by atoms with Crippen molar-refractivity contribution in [2.24, 2.45) is 34.5 Å². The summed E-state index contributed by atoms with van der Waals surface area (Å²) in [6.45, 7) is 5.09. The maximum Gasteiger partial charge on any atom is 0.0543 e. The Morgan fingerprint density at radius 3 is 2.70 bits per heavy atom. The zero-order chi connectivity index (χ0) is 14.0. The molecule has 0 heterocycles. The first-order valence-electron chi connectivity index (χ1n) is 8.89. The second-order valence-electron chi connectivity index (χ2n) is 8.77. The summed E-state index contributed by atoms with van der Waals surface area (Å²) in [5.41, 5.74) is 1.05. The summed E-state index contributed by atoms with van der Waals surface area (Å²) < 4.78 is 0. The zero-order valence-corrected chi connectivity index (χ0v) is 13.1. The van der Waals surface area contributed by atoms with Crippen LogP contribution in [0.25, 0.3) is 0 Å². The molecule has 0 aromatic carbocycles. The summed E-state index contributed by atoms with van der Waals surface area (Å²) in [6.07, 6.45) is 15.4. The van der Waals surface area contributed by atoms with Gasteiger partial charge in [0.05, 0.1) is 6.10 Å². The van der Waals surface area contributed by atoms with Crippen LogP contribution in [0.3, 0.4) is 0 Å². The van der Waals surface area contributed by atoms with Crippen LogP contribution in [-0.4, -0.2) is 11.2 Å². The van der Waals surface area contributed by atoms with E-state index >= 15 is 0 Å². The lowest BCUT2D eigenvalue weighted by Crippen LogP contribution is -2.53. The minimum atomic E-state index is -0.00775. The van der Waals surface area contributed by atoms with Gasteiger partial charge in [0.15, 0.2) is 0 Å². The zero-order valence-electron chi connectivity index (χ0n) is 13.1. The molecule has 0 aliphatic heterocycles. The van der Waals surface area contributed by atoms with Gasteiger partial charge in [0.2, 0.25) is 0 Å². The molecule has 4 aliphatic rings. The molecule has 0 radical (unpaired) electrons. The van der Waals surface area contributed by atoms with E-state index in [2.05, 4.69) is 26.0 Å². The SMILES string of the molecule is C[C@@]12C=CC[C@H]1[C@@H]1CCC3C[C@@H](O)CC[C@]3(C)[C@H]1CC2. The van der Waals surface area contributed by atoms with Crippen LogP contribution < -0.4 is 0 Å². The molecule has 20 heavy (non-hydrogen) atoms. The number of hydrogen-bond donors (Lipinski definition) is 1. The predicted octanol–water partition coefficient (Wildman–Crippen LogP) is 4.56. The summed E-state index contributed by atoms with van der Waals surface area (Å²) in [6, 6.07) is 0. The third-order valence-corrected chi connectivity index (χ3v) is 7.96. The molecule has 0 saturated heterocycles. The molecule has 4 aliphatic carbocycles. The van der Waals surface area contributed by atoms with Gasteiger partial charge in [0.1, 0.15) is 0 Å². The fourth-order valence-electron chi connectivity index (χ4n) is 6.72. The molecule has 0 amide bonds. The summed E-state index contributed by atoms with van der Waals surface area (Å²) in [7, 11) is 0. The Morgan fingerprint density at radius 2 is 1.85 bits per heavy atom. The molecular formula is C19H30O. The first kappa shape index (κ1) is 13.4. The third kappa shape index (κ3) is 1.71. The molecule has 1 heteroatoms. The normalized spacial score (nSPS) is 57.9. The summed E-state index contributed by atoms with van der Waals surface area (Å²) >= 11 is 0. The van der Waals surface area contributed by atoms with E-state index in [0.29, 0.717) is 10.8 Å². The van der Waals surface area contributed by atoms with Crippen molar-refractivity contribution >= 4 is 0 Å². The van der Waals surface area contributed by atoms with E-state index in [4.69, 9.17) is 0 Å². The van der Waals surface area contributed by atoms with Crippen molar-refractivity contribution in [1.82, 2.24) is 0 Å². The van der Waals surface area contributed by atoms with Crippen LogP contribution in [0.5, 0.6) is 0 Å². The number of fused-ring (bicyclic) bond motifs is 5. The smallest absolute Gasteiger partial charge is 0.0543 e. The summed E-state index contributed by atoms with van der Waals surface area (Å²) in [5, 5.41) is 10.0. The Bertz CT molecular complexity index is 427. The lowest BCUT2D eigenvalue weighted by atomic mass is 9.45. The minimum Gasteiger partial charge on any atom is -0.393 e. The first-order chi connectivity index (χ1) is 9.53. The van der Waals surface area contributed by atoms with Gasteiger partial charge in [-0.25, -0.2) is 0 Å². The van der Waals surface area contributed by atoms with E-state index in [1.165, 1.54) is 38.5 Å². The van der Waals surface area contributed by atoms with Gasteiger partial charge < -0.3 is 5.11 Å². The number of hydrogen-bond acceptors (Lipinski definition) is 1. The highest BCUT2D eigenvalue weighted by Crippen LogP contribution is 2.64. The largest absolute Gasteiger partial charge is 0.393 e.